The van der Waals surface area contributed by atoms with E-state index >= 15 is 0 Å². The Morgan fingerprint density at radius 1 is 1.26 bits per heavy atom. The Kier molecular flexibility index (Phi) is 10.8. The molecule has 0 fully saturated rings. The fourth-order valence-corrected chi connectivity index (χ4v) is 2.47. The molecule has 0 aromatic heterocycles. The van der Waals surface area contributed by atoms with Crippen LogP contribution < -0.4 is 0 Å². The normalized spacial score (nSPS) is 15.5. The van der Waals surface area contributed by atoms with Gasteiger partial charge in [0.05, 0.1) is 0 Å². The van der Waals surface area contributed by atoms with E-state index in [-0.39, 0.29) is 5.97 Å². The molecule has 0 bridgehead atoms. The van der Waals surface area contributed by atoms with E-state index in [1.165, 1.54) is 17.3 Å². The average Bonchev–Trinajstić information content (AvgIpc) is 2.25. The van der Waals surface area contributed by atoms with E-state index in [9.17, 15) is 4.79 Å². The number of alkyl halides is 2. The van der Waals surface area contributed by atoms with E-state index in [4.69, 9.17) is 4.74 Å². The van der Waals surface area contributed by atoms with Gasteiger partial charge in [-0.15, -0.1) is 0 Å². The molecule has 0 aromatic rings. The summed E-state index contributed by atoms with van der Waals surface area (Å²) in [4.78, 5) is 11.7. The third kappa shape index (κ3) is 13.4. The van der Waals surface area contributed by atoms with Gasteiger partial charge in [-0.05, 0) is 56.8 Å². The van der Waals surface area contributed by atoms with Crippen LogP contribution in [0, 0.1) is 5.92 Å². The Bertz CT molecular complexity index is 280. The zero-order chi connectivity index (χ0) is 14.9. The van der Waals surface area contributed by atoms with Crippen molar-refractivity contribution in [2.24, 2.45) is 5.92 Å². The Labute approximate surface area is 145 Å². The monoisotopic (exact) mass is 492 g/mol. The molecule has 0 radical (unpaired) electrons. The van der Waals surface area contributed by atoms with Crippen molar-refractivity contribution in [3.8, 4) is 0 Å². The average molecular weight is 492 g/mol. The van der Waals surface area contributed by atoms with E-state index in [0.29, 0.717) is 9.84 Å². The van der Waals surface area contributed by atoms with Crippen LogP contribution in [0.2, 0.25) is 0 Å². The number of hydrogen-bond acceptors (Lipinski definition) is 2. The van der Waals surface area contributed by atoms with Crippen molar-refractivity contribution in [1.29, 1.82) is 0 Å². The summed E-state index contributed by atoms with van der Waals surface area (Å²) >= 11 is 4.86. The quantitative estimate of drug-likeness (QED) is 0.199. The van der Waals surface area contributed by atoms with Crippen molar-refractivity contribution in [1.82, 2.24) is 0 Å². The number of esters is 1. The van der Waals surface area contributed by atoms with Crippen LogP contribution in [0.1, 0.15) is 53.4 Å². The van der Waals surface area contributed by atoms with Crippen LogP contribution in [0.15, 0.2) is 12.2 Å². The highest BCUT2D eigenvalue weighted by Crippen LogP contribution is 2.20. The first-order chi connectivity index (χ1) is 8.74. The molecular formula is C15H26I2O2. The van der Waals surface area contributed by atoms with Crippen LogP contribution in [-0.4, -0.2) is 19.9 Å². The molecule has 0 aliphatic heterocycles. The largest absolute Gasteiger partial charge is 0.457 e. The number of ether oxygens (including phenoxy) is 1. The number of carbonyl (C=O) groups is 1. The van der Waals surface area contributed by atoms with E-state index in [1.807, 2.05) is 26.8 Å². The molecule has 0 heterocycles. The van der Waals surface area contributed by atoms with E-state index in [0.717, 1.165) is 12.8 Å². The molecule has 0 saturated carbocycles. The Morgan fingerprint density at radius 2 is 1.89 bits per heavy atom. The fraction of sp³-hybridized carbons (Fsp3) is 0.800. The first-order valence-electron chi connectivity index (χ1n) is 6.86. The van der Waals surface area contributed by atoms with Crippen LogP contribution in [0.4, 0.5) is 0 Å². The molecule has 2 unspecified atom stereocenters. The minimum atomic E-state index is -0.407. The summed E-state index contributed by atoms with van der Waals surface area (Å²) < 4.78 is 7.15. The molecule has 19 heavy (non-hydrogen) atoms. The van der Waals surface area contributed by atoms with Gasteiger partial charge in [0.15, 0.2) is 0 Å². The highest BCUT2D eigenvalue weighted by molar-refractivity contribution is 14.1. The van der Waals surface area contributed by atoms with Crippen LogP contribution in [0.3, 0.4) is 0 Å². The van der Waals surface area contributed by atoms with Gasteiger partial charge in [0.25, 0.3) is 0 Å². The summed E-state index contributed by atoms with van der Waals surface area (Å²) in [6.45, 7) is 7.91. The lowest BCUT2D eigenvalue weighted by Gasteiger charge is -2.18. The predicted octanol–water partition coefficient (Wildman–Crippen LogP) is 5.32. The van der Waals surface area contributed by atoms with Gasteiger partial charge < -0.3 is 4.74 Å². The molecule has 2 atom stereocenters. The second kappa shape index (κ2) is 10.4. The molecule has 0 N–H and O–H groups in total. The highest BCUT2D eigenvalue weighted by Gasteiger charge is 2.14. The molecule has 0 aliphatic rings. The minimum absolute atomic E-state index is 0.227. The van der Waals surface area contributed by atoms with Gasteiger partial charge in [-0.3, -0.25) is 0 Å². The maximum Gasteiger partial charge on any atom is 0.330 e. The minimum Gasteiger partial charge on any atom is -0.457 e. The van der Waals surface area contributed by atoms with Crippen LogP contribution in [-0.2, 0) is 9.53 Å². The molecule has 0 amide bonds. The predicted molar refractivity (Wildman–Crippen MR) is 99.3 cm³/mol. The highest BCUT2D eigenvalue weighted by atomic mass is 127. The third-order valence-electron chi connectivity index (χ3n) is 2.56. The zero-order valence-electron chi connectivity index (χ0n) is 12.4. The van der Waals surface area contributed by atoms with Crippen molar-refractivity contribution in [2.45, 2.75) is 62.9 Å². The Morgan fingerprint density at radius 3 is 2.37 bits per heavy atom. The molecular weight excluding hydrogens is 466 g/mol. The number of halogens is 2. The van der Waals surface area contributed by atoms with E-state index < -0.39 is 5.60 Å². The first-order valence-corrected chi connectivity index (χ1v) is 9.63. The third-order valence-corrected chi connectivity index (χ3v) is 3.94. The van der Waals surface area contributed by atoms with Gasteiger partial charge in [-0.2, -0.15) is 0 Å². The summed E-state index contributed by atoms with van der Waals surface area (Å²) in [5.41, 5.74) is -0.407. The van der Waals surface area contributed by atoms with Crippen molar-refractivity contribution < 1.29 is 9.53 Å². The lowest BCUT2D eigenvalue weighted by molar-refractivity contribution is -0.148. The second-order valence-electron chi connectivity index (χ2n) is 5.84. The number of allylic oxidation sites excluding steroid dienone is 1. The SMILES string of the molecule is CC(I)CCC(/C=C/C(=O)OC(C)(C)C)CCCI. The zero-order valence-corrected chi connectivity index (χ0v) is 16.7. The van der Waals surface area contributed by atoms with E-state index in [2.05, 4.69) is 52.1 Å². The lowest BCUT2D eigenvalue weighted by Crippen LogP contribution is -2.22. The Hall–Kier alpha value is 0.670. The van der Waals surface area contributed by atoms with Gasteiger partial charge in [0.1, 0.15) is 5.60 Å². The Balaban J connectivity index is 4.31. The molecule has 2 nitrogen and oxygen atoms in total. The van der Waals surface area contributed by atoms with Gasteiger partial charge in [0.2, 0.25) is 0 Å². The van der Waals surface area contributed by atoms with Gasteiger partial charge in [0, 0.05) is 10.0 Å². The molecule has 0 aromatic carbocycles. The van der Waals surface area contributed by atoms with Crippen LogP contribution in [0.25, 0.3) is 0 Å². The molecule has 0 aliphatic carbocycles. The lowest BCUT2D eigenvalue weighted by atomic mass is 9.96. The summed E-state index contributed by atoms with van der Waals surface area (Å²) in [5, 5.41) is 0. The first kappa shape index (κ1) is 19.7. The second-order valence-corrected chi connectivity index (χ2v) is 9.05. The number of rotatable bonds is 8. The maximum atomic E-state index is 11.7. The van der Waals surface area contributed by atoms with Crippen molar-refractivity contribution >= 4 is 51.2 Å². The number of carbonyl (C=O) groups excluding carboxylic acids is 1. The number of hydrogen-bond donors (Lipinski definition) is 0. The van der Waals surface area contributed by atoms with Crippen molar-refractivity contribution in [3.05, 3.63) is 12.2 Å². The summed E-state index contributed by atoms with van der Waals surface area (Å²) in [7, 11) is 0. The van der Waals surface area contributed by atoms with Crippen LogP contribution >= 0.6 is 45.2 Å². The maximum absolute atomic E-state index is 11.7. The molecule has 112 valence electrons. The topological polar surface area (TPSA) is 26.3 Å². The van der Waals surface area contributed by atoms with Gasteiger partial charge in [-0.25, -0.2) is 4.79 Å². The molecule has 0 saturated heterocycles. The smallest absolute Gasteiger partial charge is 0.330 e. The molecule has 0 spiro atoms. The molecule has 4 heteroatoms. The summed E-state index contributed by atoms with van der Waals surface area (Å²) in [6, 6.07) is 0. The van der Waals surface area contributed by atoms with Gasteiger partial charge in [-0.1, -0.05) is 58.2 Å². The van der Waals surface area contributed by atoms with Gasteiger partial charge >= 0.3 is 5.97 Å². The standard InChI is InChI=1S/C15H26I2O2/c1-12(17)7-8-13(6-5-11-16)9-10-14(18)19-15(2,3)4/h9-10,12-13H,5-8,11H2,1-4H3/b10-9+. The van der Waals surface area contributed by atoms with Crippen molar-refractivity contribution in [3.63, 3.8) is 0 Å². The van der Waals surface area contributed by atoms with Crippen molar-refractivity contribution in [2.75, 3.05) is 4.43 Å². The summed E-state index contributed by atoms with van der Waals surface area (Å²) in [5.74, 6) is 0.272. The fourth-order valence-electron chi connectivity index (χ4n) is 1.67. The summed E-state index contributed by atoms with van der Waals surface area (Å²) in [6.07, 6.45) is 8.37. The van der Waals surface area contributed by atoms with E-state index in [1.54, 1.807) is 6.08 Å². The molecule has 0 rings (SSSR count). The van der Waals surface area contributed by atoms with Crippen LogP contribution in [0.5, 0.6) is 0 Å².